The number of carbonyl (C=O) groups is 3. The molecule has 0 aromatic rings. The predicted octanol–water partition coefficient (Wildman–Crippen LogP) is 6.35. The SMILES string of the molecule is CC(COCC(F)(F)C(F)(F)C(F)(F)F)OC(=O)CC(C(=O)OC(C)COCC(F)(F)CC(F)(F)F)C(C(=O)OC(C)COCC(F)(F)C(F)(F)C(F)(F)F)S(=O)(=O)O. The van der Waals surface area contributed by atoms with Crippen molar-refractivity contribution in [1.29, 1.82) is 0 Å². The minimum absolute atomic E-state index is 0.560. The zero-order valence-electron chi connectivity index (χ0n) is 29.6. The molecule has 0 bridgehead atoms. The van der Waals surface area contributed by atoms with E-state index in [0.29, 0.717) is 20.8 Å². The molecule has 0 heterocycles. The molecule has 0 radical (unpaired) electrons. The van der Waals surface area contributed by atoms with Crippen molar-refractivity contribution >= 4 is 28.0 Å². The minimum atomic E-state index is -6.80. The molecule has 0 aliphatic rings. The standard InChI is InChI=1S/C27H31F19O12S/c1-12(5-54-10-21(30,31)24(37,38)26(41,42)43)56-16(47)4-15(18(48)57-13(2)6-53-9-20(28,29)8-23(34,35)36)17(59(50,51)52)19(49)58-14(3)7-55-11-22(32,33)25(39,40)27(44,45)46/h12-15,17H,4-11H2,1-3H3,(H,50,51,52). The highest BCUT2D eigenvalue weighted by Gasteiger charge is 2.74. The van der Waals surface area contributed by atoms with Crippen LogP contribution in [0.25, 0.3) is 0 Å². The van der Waals surface area contributed by atoms with Crippen molar-refractivity contribution < 1.29 is 139 Å². The van der Waals surface area contributed by atoms with Gasteiger partial charge in [-0.25, -0.2) is 8.78 Å². The van der Waals surface area contributed by atoms with E-state index in [1.807, 2.05) is 0 Å². The van der Waals surface area contributed by atoms with Crippen molar-refractivity contribution in [2.75, 3.05) is 39.6 Å². The van der Waals surface area contributed by atoms with Crippen molar-refractivity contribution in [2.24, 2.45) is 5.92 Å². The second-order valence-corrected chi connectivity index (χ2v) is 13.8. The molecule has 1 N–H and O–H groups in total. The molecule has 12 nitrogen and oxygen atoms in total. The Morgan fingerprint density at radius 2 is 0.881 bits per heavy atom. The third-order valence-corrected chi connectivity index (χ3v) is 7.77. The second kappa shape index (κ2) is 20.2. The van der Waals surface area contributed by atoms with E-state index in [4.69, 9.17) is 0 Å². The third-order valence-electron chi connectivity index (χ3n) is 6.60. The van der Waals surface area contributed by atoms with Crippen molar-refractivity contribution in [1.82, 2.24) is 0 Å². The Labute approximate surface area is 318 Å². The van der Waals surface area contributed by atoms with Gasteiger partial charge in [0, 0.05) is 0 Å². The van der Waals surface area contributed by atoms with Crippen LogP contribution in [0.3, 0.4) is 0 Å². The van der Waals surface area contributed by atoms with Crippen LogP contribution in [0.2, 0.25) is 0 Å². The average Bonchev–Trinajstić information content (AvgIpc) is 2.96. The molecule has 0 saturated carbocycles. The summed E-state index contributed by atoms with van der Waals surface area (Å²) in [4.78, 5) is 38.5. The maximum Gasteiger partial charge on any atom is 0.459 e. The molecule has 0 rings (SSSR count). The largest absolute Gasteiger partial charge is 0.460 e. The van der Waals surface area contributed by atoms with Crippen molar-refractivity contribution in [3.8, 4) is 0 Å². The monoisotopic (exact) mass is 940 g/mol. The Bertz CT molecular complexity index is 1500. The highest BCUT2D eigenvalue weighted by Crippen LogP contribution is 2.47. The lowest BCUT2D eigenvalue weighted by atomic mass is 10.0. The van der Waals surface area contributed by atoms with Crippen LogP contribution < -0.4 is 0 Å². The molecular formula is C27H31F19O12S. The number of hydrogen-bond donors (Lipinski definition) is 1. The van der Waals surface area contributed by atoms with Gasteiger partial charge < -0.3 is 28.4 Å². The summed E-state index contributed by atoms with van der Waals surface area (Å²) in [6.45, 7) is -9.72. The van der Waals surface area contributed by atoms with Gasteiger partial charge in [-0.1, -0.05) is 0 Å². The van der Waals surface area contributed by atoms with E-state index in [0.717, 1.165) is 0 Å². The van der Waals surface area contributed by atoms with Crippen LogP contribution in [0.4, 0.5) is 83.4 Å². The highest BCUT2D eigenvalue weighted by molar-refractivity contribution is 7.87. The normalized spacial score (nSPS) is 16.8. The first-order chi connectivity index (χ1) is 26.0. The maximum atomic E-state index is 13.5. The van der Waals surface area contributed by atoms with Crippen LogP contribution in [0.5, 0.6) is 0 Å². The van der Waals surface area contributed by atoms with Crippen LogP contribution in [0.15, 0.2) is 0 Å². The number of rotatable bonds is 24. The second-order valence-electron chi connectivity index (χ2n) is 12.3. The Morgan fingerprint density at radius 3 is 1.22 bits per heavy atom. The molecule has 0 aromatic carbocycles. The van der Waals surface area contributed by atoms with Gasteiger partial charge in [0.1, 0.15) is 44.6 Å². The molecule has 59 heavy (non-hydrogen) atoms. The third kappa shape index (κ3) is 17.4. The summed E-state index contributed by atoms with van der Waals surface area (Å²) in [7, 11) is -6.13. The van der Waals surface area contributed by atoms with Crippen LogP contribution in [0, 0.1) is 5.92 Å². The smallest absolute Gasteiger partial charge is 0.459 e. The molecule has 0 spiro atoms. The molecule has 0 amide bonds. The van der Waals surface area contributed by atoms with Gasteiger partial charge in [-0.3, -0.25) is 18.9 Å². The van der Waals surface area contributed by atoms with E-state index in [1.54, 1.807) is 0 Å². The molecule has 350 valence electrons. The number of esters is 3. The van der Waals surface area contributed by atoms with Gasteiger partial charge in [0.25, 0.3) is 16.0 Å². The summed E-state index contributed by atoms with van der Waals surface area (Å²) in [5.74, 6) is -39.3. The fourth-order valence-electron chi connectivity index (χ4n) is 3.93. The molecule has 0 fully saturated rings. The zero-order chi connectivity index (χ0) is 47.0. The fraction of sp³-hybridized carbons (Fsp3) is 0.889. The summed E-state index contributed by atoms with van der Waals surface area (Å²) in [5.41, 5.74) is 0. The predicted molar refractivity (Wildman–Crippen MR) is 150 cm³/mol. The van der Waals surface area contributed by atoms with E-state index >= 15 is 0 Å². The lowest BCUT2D eigenvalue weighted by Gasteiger charge is -2.28. The Morgan fingerprint density at radius 1 is 0.542 bits per heavy atom. The fourth-order valence-corrected chi connectivity index (χ4v) is 4.85. The van der Waals surface area contributed by atoms with Gasteiger partial charge >= 0.3 is 60.1 Å². The first-order valence-corrected chi connectivity index (χ1v) is 16.9. The number of halogens is 19. The van der Waals surface area contributed by atoms with Gasteiger partial charge in [0.05, 0.1) is 32.2 Å². The number of carbonyl (C=O) groups excluding carboxylic acids is 3. The topological polar surface area (TPSA) is 161 Å². The molecule has 5 atom stereocenters. The average molecular weight is 941 g/mol. The minimum Gasteiger partial charge on any atom is -0.460 e. The summed E-state index contributed by atoms with van der Waals surface area (Å²) >= 11 is 0. The van der Waals surface area contributed by atoms with Gasteiger partial charge in [-0.05, 0) is 20.8 Å². The molecule has 0 aromatic heterocycles. The number of ether oxygens (including phenoxy) is 6. The van der Waals surface area contributed by atoms with E-state index in [1.165, 1.54) is 0 Å². The van der Waals surface area contributed by atoms with E-state index < -0.39 is 158 Å². The number of alkyl halides is 19. The Balaban J connectivity index is 6.23. The maximum absolute atomic E-state index is 13.5. The lowest BCUT2D eigenvalue weighted by Crippen LogP contribution is -2.54. The summed E-state index contributed by atoms with van der Waals surface area (Å²) in [6, 6.07) is 0. The summed E-state index contributed by atoms with van der Waals surface area (Å²) < 4.78 is 304. The van der Waals surface area contributed by atoms with Crippen LogP contribution >= 0.6 is 0 Å². The van der Waals surface area contributed by atoms with E-state index in [2.05, 4.69) is 28.4 Å². The van der Waals surface area contributed by atoms with Crippen molar-refractivity contribution in [3.05, 3.63) is 0 Å². The summed E-state index contributed by atoms with van der Waals surface area (Å²) in [6.07, 6.45) is -29.6. The van der Waals surface area contributed by atoms with E-state index in [9.17, 15) is 111 Å². The molecule has 0 saturated heterocycles. The first-order valence-electron chi connectivity index (χ1n) is 15.4. The van der Waals surface area contributed by atoms with Crippen LogP contribution in [-0.2, 0) is 52.9 Å². The van der Waals surface area contributed by atoms with Gasteiger partial charge in [-0.2, -0.15) is 83.1 Å². The first kappa shape index (κ1) is 55.9. The van der Waals surface area contributed by atoms with Crippen LogP contribution in [-0.4, -0.2) is 142 Å². The molecule has 0 aliphatic heterocycles. The number of hydrogen-bond acceptors (Lipinski definition) is 11. The van der Waals surface area contributed by atoms with Crippen LogP contribution in [0.1, 0.15) is 33.6 Å². The van der Waals surface area contributed by atoms with Gasteiger partial charge in [-0.15, -0.1) is 0 Å². The van der Waals surface area contributed by atoms with Crippen molar-refractivity contribution in [2.45, 2.75) is 105 Å². The Hall–Kier alpha value is -3.13. The quantitative estimate of drug-likeness (QED) is 0.0496. The Kier molecular flexibility index (Phi) is 19.1. The zero-order valence-corrected chi connectivity index (χ0v) is 30.4. The van der Waals surface area contributed by atoms with E-state index in [-0.39, 0.29) is 0 Å². The molecule has 0 aliphatic carbocycles. The van der Waals surface area contributed by atoms with Crippen molar-refractivity contribution in [3.63, 3.8) is 0 Å². The van der Waals surface area contributed by atoms with Gasteiger partial charge in [0.2, 0.25) is 0 Å². The summed E-state index contributed by atoms with van der Waals surface area (Å²) in [5, 5.41) is -3.44. The highest BCUT2D eigenvalue weighted by atomic mass is 32.2. The molecule has 5 unspecified atom stereocenters. The lowest BCUT2D eigenvalue weighted by molar-refractivity contribution is -0.361. The molecule has 32 heteroatoms. The van der Waals surface area contributed by atoms with Gasteiger partial charge in [0.15, 0.2) is 5.25 Å². The molecular weight excluding hydrogens is 909 g/mol.